The van der Waals surface area contributed by atoms with Crippen molar-refractivity contribution in [2.45, 2.75) is 6.42 Å². The highest BCUT2D eigenvalue weighted by Crippen LogP contribution is 2.05. The molecule has 13 heavy (non-hydrogen) atoms. The van der Waals surface area contributed by atoms with Crippen molar-refractivity contribution in [2.75, 3.05) is 0 Å². The second-order valence-electron chi connectivity index (χ2n) is 2.54. The molecule has 2 rings (SSSR count). The summed E-state index contributed by atoms with van der Waals surface area (Å²) in [6.45, 7) is 0. The fourth-order valence-electron chi connectivity index (χ4n) is 1.01. The van der Waals surface area contributed by atoms with Crippen LogP contribution in [0.1, 0.15) is 10.6 Å². The van der Waals surface area contributed by atoms with E-state index in [-0.39, 0.29) is 4.87 Å². The minimum atomic E-state index is -0.112. The number of rotatable bonds is 2. The van der Waals surface area contributed by atoms with Crippen LogP contribution in [0.15, 0.2) is 29.3 Å². The van der Waals surface area contributed by atoms with Crippen LogP contribution in [0.3, 0.4) is 0 Å². The van der Waals surface area contributed by atoms with E-state index >= 15 is 0 Å². The van der Waals surface area contributed by atoms with Gasteiger partial charge in [-0.15, -0.1) is 0 Å². The Morgan fingerprint density at radius 2 is 2.46 bits per heavy atom. The molecule has 0 aliphatic carbocycles. The lowest BCUT2D eigenvalue weighted by Gasteiger charge is -1.93. The largest absolute Gasteiger partial charge is 0.322 e. The third kappa shape index (κ3) is 2.00. The average Bonchev–Trinajstić information content (AvgIpc) is 2.53. The minimum Gasteiger partial charge on any atom is -0.264 e. The lowest BCUT2D eigenvalue weighted by Crippen LogP contribution is -1.90. The Balaban J connectivity index is 2.20. The summed E-state index contributed by atoms with van der Waals surface area (Å²) in [5.74, 6) is 0. The quantitative estimate of drug-likeness (QED) is 0.768. The maximum absolute atomic E-state index is 10.8. The fraction of sp³-hybridized carbons (Fsp3) is 0.125. The van der Waals surface area contributed by atoms with E-state index in [2.05, 4.69) is 15.2 Å². The van der Waals surface area contributed by atoms with Gasteiger partial charge >= 0.3 is 4.87 Å². The van der Waals surface area contributed by atoms with E-state index < -0.39 is 0 Å². The molecule has 0 saturated carbocycles. The summed E-state index contributed by atoms with van der Waals surface area (Å²) in [5.41, 5.74) is 1.06. The van der Waals surface area contributed by atoms with E-state index in [1.165, 1.54) is 0 Å². The lowest BCUT2D eigenvalue weighted by molar-refractivity contribution is 0.981. The number of hydrogen-bond acceptors (Lipinski definition) is 4. The fourth-order valence-corrected chi connectivity index (χ4v) is 1.65. The third-order valence-corrected chi connectivity index (χ3v) is 2.31. The van der Waals surface area contributed by atoms with Crippen LogP contribution in [0.25, 0.3) is 0 Å². The van der Waals surface area contributed by atoms with Gasteiger partial charge in [-0.05, 0) is 11.6 Å². The molecule has 0 unspecified atom stereocenters. The molecular weight excluding hydrogens is 186 g/mol. The first kappa shape index (κ1) is 8.12. The number of aromatic amines is 1. The molecule has 1 N–H and O–H groups in total. The molecule has 0 bridgehead atoms. The van der Waals surface area contributed by atoms with E-state index in [1.54, 1.807) is 12.4 Å². The standard InChI is InChI=1S/C8H7N3OS/c12-8-11-10-7(13-8)4-6-2-1-3-9-5-6/h1-3,5H,4H2,(H,11,12). The van der Waals surface area contributed by atoms with Crippen LogP contribution in [0.5, 0.6) is 0 Å². The number of pyridine rings is 1. The molecule has 66 valence electrons. The number of H-pyrrole nitrogens is 1. The number of nitrogens with zero attached hydrogens (tertiary/aromatic N) is 2. The summed E-state index contributed by atoms with van der Waals surface area (Å²) in [6.07, 6.45) is 4.15. The van der Waals surface area contributed by atoms with Crippen molar-refractivity contribution in [3.8, 4) is 0 Å². The summed E-state index contributed by atoms with van der Waals surface area (Å²) < 4.78 is 0. The minimum absolute atomic E-state index is 0.112. The number of aromatic nitrogens is 3. The highest BCUT2D eigenvalue weighted by molar-refractivity contribution is 7.08. The zero-order valence-corrected chi connectivity index (χ0v) is 7.54. The van der Waals surface area contributed by atoms with Gasteiger partial charge in [0.2, 0.25) is 0 Å². The summed E-state index contributed by atoms with van der Waals surface area (Å²) in [4.78, 5) is 14.6. The molecule has 2 aromatic rings. The van der Waals surface area contributed by atoms with Crippen LogP contribution in [0.2, 0.25) is 0 Å². The molecule has 0 amide bonds. The molecule has 2 aromatic heterocycles. The van der Waals surface area contributed by atoms with Crippen molar-refractivity contribution in [1.82, 2.24) is 15.2 Å². The van der Waals surface area contributed by atoms with Gasteiger partial charge in [0.05, 0.1) is 0 Å². The predicted molar refractivity (Wildman–Crippen MR) is 49.8 cm³/mol. The van der Waals surface area contributed by atoms with Gasteiger partial charge in [-0.1, -0.05) is 17.4 Å². The molecule has 0 fully saturated rings. The van der Waals surface area contributed by atoms with E-state index in [1.807, 2.05) is 12.1 Å². The Hall–Kier alpha value is -1.49. The smallest absolute Gasteiger partial charge is 0.264 e. The van der Waals surface area contributed by atoms with Gasteiger partial charge < -0.3 is 0 Å². The van der Waals surface area contributed by atoms with Crippen molar-refractivity contribution in [3.63, 3.8) is 0 Å². The Morgan fingerprint density at radius 3 is 3.08 bits per heavy atom. The molecule has 0 aromatic carbocycles. The first-order valence-corrected chi connectivity index (χ1v) is 4.59. The van der Waals surface area contributed by atoms with Crippen molar-refractivity contribution in [3.05, 3.63) is 44.8 Å². The van der Waals surface area contributed by atoms with Gasteiger partial charge in [0, 0.05) is 18.8 Å². The second-order valence-corrected chi connectivity index (χ2v) is 3.59. The Kier molecular flexibility index (Phi) is 2.18. The molecule has 0 spiro atoms. The molecular formula is C8H7N3OS. The van der Waals surface area contributed by atoms with E-state index in [0.29, 0.717) is 6.42 Å². The van der Waals surface area contributed by atoms with Crippen LogP contribution in [0.4, 0.5) is 0 Å². The van der Waals surface area contributed by atoms with Crippen molar-refractivity contribution >= 4 is 11.3 Å². The first-order chi connectivity index (χ1) is 6.34. The predicted octanol–water partition coefficient (Wildman–Crippen LogP) is 0.817. The van der Waals surface area contributed by atoms with Crippen molar-refractivity contribution < 1.29 is 0 Å². The maximum Gasteiger partial charge on any atom is 0.322 e. The maximum atomic E-state index is 10.8. The molecule has 0 aliphatic heterocycles. The molecule has 5 heteroatoms. The third-order valence-electron chi connectivity index (χ3n) is 1.56. The summed E-state index contributed by atoms with van der Waals surface area (Å²) in [6, 6.07) is 3.82. The van der Waals surface area contributed by atoms with Gasteiger partial charge in [-0.25, -0.2) is 5.10 Å². The van der Waals surface area contributed by atoms with Crippen molar-refractivity contribution in [2.24, 2.45) is 0 Å². The second kappa shape index (κ2) is 3.49. The Morgan fingerprint density at radius 1 is 1.54 bits per heavy atom. The highest BCUT2D eigenvalue weighted by Gasteiger charge is 2.00. The van der Waals surface area contributed by atoms with Gasteiger partial charge in [-0.2, -0.15) is 5.10 Å². The average molecular weight is 193 g/mol. The van der Waals surface area contributed by atoms with Gasteiger partial charge in [0.25, 0.3) is 0 Å². The highest BCUT2D eigenvalue weighted by atomic mass is 32.1. The zero-order valence-electron chi connectivity index (χ0n) is 6.73. The number of hydrogen-bond donors (Lipinski definition) is 1. The number of nitrogens with one attached hydrogen (secondary N) is 1. The molecule has 0 saturated heterocycles. The lowest BCUT2D eigenvalue weighted by atomic mass is 10.2. The van der Waals surface area contributed by atoms with Crippen LogP contribution >= 0.6 is 11.3 Å². The van der Waals surface area contributed by atoms with Crippen LogP contribution in [-0.2, 0) is 6.42 Å². The molecule has 4 nitrogen and oxygen atoms in total. The topological polar surface area (TPSA) is 58.6 Å². The van der Waals surface area contributed by atoms with Crippen molar-refractivity contribution in [1.29, 1.82) is 0 Å². The SMILES string of the molecule is O=c1[nH]nc(Cc2cccnc2)s1. The van der Waals surface area contributed by atoms with Gasteiger partial charge in [-0.3, -0.25) is 9.78 Å². The van der Waals surface area contributed by atoms with Gasteiger partial charge in [0.15, 0.2) is 0 Å². The molecule has 0 aliphatic rings. The van der Waals surface area contributed by atoms with Crippen LogP contribution < -0.4 is 4.87 Å². The summed E-state index contributed by atoms with van der Waals surface area (Å²) in [5, 5.41) is 7.04. The summed E-state index contributed by atoms with van der Waals surface area (Å²) >= 11 is 1.13. The van der Waals surface area contributed by atoms with E-state index in [0.717, 1.165) is 21.9 Å². The van der Waals surface area contributed by atoms with Crippen LogP contribution in [-0.4, -0.2) is 15.2 Å². The zero-order chi connectivity index (χ0) is 9.10. The molecule has 0 atom stereocenters. The molecule has 2 heterocycles. The first-order valence-electron chi connectivity index (χ1n) is 3.78. The molecule has 0 radical (unpaired) electrons. The van der Waals surface area contributed by atoms with Gasteiger partial charge in [0.1, 0.15) is 5.01 Å². The Bertz CT molecular complexity index is 434. The normalized spacial score (nSPS) is 10.2. The monoisotopic (exact) mass is 193 g/mol. The van der Waals surface area contributed by atoms with Crippen LogP contribution in [0, 0.1) is 0 Å². The summed E-state index contributed by atoms with van der Waals surface area (Å²) in [7, 11) is 0. The Labute approximate surface area is 78.3 Å². The van der Waals surface area contributed by atoms with E-state index in [4.69, 9.17) is 0 Å². The van der Waals surface area contributed by atoms with E-state index in [9.17, 15) is 4.79 Å².